The van der Waals surface area contributed by atoms with Gasteiger partial charge in [-0.2, -0.15) is 0 Å². The highest BCUT2D eigenvalue weighted by Crippen LogP contribution is 2.28. The first-order valence-electron chi connectivity index (χ1n) is 6.22. The topological polar surface area (TPSA) is 112 Å². The number of hydrogen-bond acceptors (Lipinski definition) is 5. The molecule has 0 spiro atoms. The molecule has 1 unspecified atom stereocenters. The largest absolute Gasteiger partial charge is 0.323 e. The Morgan fingerprint density at radius 1 is 0.905 bits per heavy atom. The first-order valence-corrected chi connectivity index (χ1v) is 6.22. The van der Waals surface area contributed by atoms with E-state index in [0.29, 0.717) is 11.1 Å². The van der Waals surface area contributed by atoms with Crippen LogP contribution in [0.4, 0.5) is 11.4 Å². The Kier molecular flexibility index (Phi) is 4.24. The average Bonchev–Trinajstić information content (AvgIpc) is 2.47. The number of para-hydroxylation sites is 2. The SMILES string of the molecule is NC(Cc1ccccc1[N+](=O)[O-])c1ccccc1[N+](=O)[O-]. The average molecular weight is 287 g/mol. The van der Waals surface area contributed by atoms with E-state index in [4.69, 9.17) is 5.73 Å². The van der Waals surface area contributed by atoms with Gasteiger partial charge in [0, 0.05) is 29.3 Å². The van der Waals surface area contributed by atoms with Crippen LogP contribution in [0, 0.1) is 20.2 Å². The molecule has 2 aromatic rings. The molecule has 0 aromatic heterocycles. The molecule has 0 heterocycles. The number of benzene rings is 2. The molecule has 0 saturated carbocycles. The summed E-state index contributed by atoms with van der Waals surface area (Å²) in [6, 6.07) is 11.7. The van der Waals surface area contributed by atoms with Crippen molar-refractivity contribution in [3.05, 3.63) is 79.9 Å². The van der Waals surface area contributed by atoms with Crippen LogP contribution in [0.15, 0.2) is 48.5 Å². The lowest BCUT2D eigenvalue weighted by Gasteiger charge is -2.12. The lowest BCUT2D eigenvalue weighted by Crippen LogP contribution is -2.15. The Bertz CT molecular complexity index is 687. The van der Waals surface area contributed by atoms with Gasteiger partial charge >= 0.3 is 0 Å². The maximum atomic E-state index is 11.0. The molecule has 2 aromatic carbocycles. The van der Waals surface area contributed by atoms with Gasteiger partial charge in [-0.15, -0.1) is 0 Å². The van der Waals surface area contributed by atoms with Gasteiger partial charge in [0.2, 0.25) is 0 Å². The van der Waals surface area contributed by atoms with Crippen molar-refractivity contribution in [2.45, 2.75) is 12.5 Å². The molecule has 0 amide bonds. The van der Waals surface area contributed by atoms with Crippen LogP contribution in [0.3, 0.4) is 0 Å². The van der Waals surface area contributed by atoms with Crippen molar-refractivity contribution in [1.29, 1.82) is 0 Å². The van der Waals surface area contributed by atoms with Crippen LogP contribution in [0.25, 0.3) is 0 Å². The second-order valence-corrected chi connectivity index (χ2v) is 4.51. The lowest BCUT2D eigenvalue weighted by atomic mass is 9.97. The summed E-state index contributed by atoms with van der Waals surface area (Å²) in [5.74, 6) is 0. The summed E-state index contributed by atoms with van der Waals surface area (Å²) in [5, 5.41) is 22.0. The standard InChI is InChI=1S/C14H13N3O4/c15-12(11-6-2-4-8-14(11)17(20)21)9-10-5-1-3-7-13(10)16(18)19/h1-8,12H,9,15H2. The van der Waals surface area contributed by atoms with E-state index in [1.54, 1.807) is 36.4 Å². The van der Waals surface area contributed by atoms with Gasteiger partial charge in [0.05, 0.1) is 9.85 Å². The van der Waals surface area contributed by atoms with Crippen LogP contribution >= 0.6 is 0 Å². The maximum Gasteiger partial charge on any atom is 0.274 e. The molecule has 0 saturated heterocycles. The van der Waals surface area contributed by atoms with E-state index in [9.17, 15) is 20.2 Å². The van der Waals surface area contributed by atoms with Crippen molar-refractivity contribution in [2.75, 3.05) is 0 Å². The van der Waals surface area contributed by atoms with E-state index in [2.05, 4.69) is 0 Å². The van der Waals surface area contributed by atoms with Crippen molar-refractivity contribution in [3.8, 4) is 0 Å². The third-order valence-corrected chi connectivity index (χ3v) is 3.16. The zero-order chi connectivity index (χ0) is 15.4. The van der Waals surface area contributed by atoms with E-state index in [-0.39, 0.29) is 17.8 Å². The number of hydrogen-bond donors (Lipinski definition) is 1. The molecule has 108 valence electrons. The van der Waals surface area contributed by atoms with Gasteiger partial charge in [-0.3, -0.25) is 20.2 Å². The van der Waals surface area contributed by atoms with Gasteiger partial charge < -0.3 is 5.73 Å². The highest BCUT2D eigenvalue weighted by molar-refractivity contribution is 5.45. The molecule has 0 aliphatic carbocycles. The molecule has 7 nitrogen and oxygen atoms in total. The van der Waals surface area contributed by atoms with E-state index >= 15 is 0 Å². The van der Waals surface area contributed by atoms with Crippen molar-refractivity contribution in [1.82, 2.24) is 0 Å². The molecule has 0 aliphatic heterocycles. The number of nitro benzene ring substituents is 2. The molecule has 1 atom stereocenters. The highest BCUT2D eigenvalue weighted by Gasteiger charge is 2.21. The Morgan fingerprint density at radius 2 is 1.43 bits per heavy atom. The monoisotopic (exact) mass is 287 g/mol. The van der Waals surface area contributed by atoms with Crippen LogP contribution in [0.5, 0.6) is 0 Å². The van der Waals surface area contributed by atoms with Crippen molar-refractivity contribution in [2.24, 2.45) is 5.73 Å². The van der Waals surface area contributed by atoms with Crippen LogP contribution in [0.1, 0.15) is 17.2 Å². The first kappa shape index (κ1) is 14.6. The zero-order valence-electron chi connectivity index (χ0n) is 11.0. The number of nitrogens with two attached hydrogens (primary N) is 1. The molecular weight excluding hydrogens is 274 g/mol. The Morgan fingerprint density at radius 3 is 2.05 bits per heavy atom. The summed E-state index contributed by atoms with van der Waals surface area (Å²) in [6.45, 7) is 0. The van der Waals surface area contributed by atoms with E-state index < -0.39 is 15.9 Å². The van der Waals surface area contributed by atoms with Gasteiger partial charge in [-0.25, -0.2) is 0 Å². The fraction of sp³-hybridized carbons (Fsp3) is 0.143. The van der Waals surface area contributed by atoms with Gasteiger partial charge in [-0.05, 0) is 6.42 Å². The minimum absolute atomic E-state index is 0.0356. The molecule has 0 radical (unpaired) electrons. The predicted molar refractivity (Wildman–Crippen MR) is 76.8 cm³/mol. The predicted octanol–water partition coefficient (Wildman–Crippen LogP) is 2.75. The molecule has 2 rings (SSSR count). The second-order valence-electron chi connectivity index (χ2n) is 4.51. The van der Waals surface area contributed by atoms with Crippen molar-refractivity contribution >= 4 is 11.4 Å². The maximum absolute atomic E-state index is 11.0. The molecule has 0 fully saturated rings. The summed E-state index contributed by atoms with van der Waals surface area (Å²) in [7, 11) is 0. The number of rotatable bonds is 5. The summed E-state index contributed by atoms with van der Waals surface area (Å²) in [4.78, 5) is 21.0. The lowest BCUT2D eigenvalue weighted by molar-refractivity contribution is -0.386. The molecule has 21 heavy (non-hydrogen) atoms. The smallest absolute Gasteiger partial charge is 0.274 e. The quantitative estimate of drug-likeness (QED) is 0.671. The van der Waals surface area contributed by atoms with Crippen LogP contribution in [-0.4, -0.2) is 9.85 Å². The van der Waals surface area contributed by atoms with E-state index in [1.165, 1.54) is 12.1 Å². The zero-order valence-corrected chi connectivity index (χ0v) is 11.0. The van der Waals surface area contributed by atoms with Crippen LogP contribution < -0.4 is 5.73 Å². The fourth-order valence-corrected chi connectivity index (χ4v) is 2.18. The van der Waals surface area contributed by atoms with Gasteiger partial charge in [-0.1, -0.05) is 36.4 Å². The molecule has 0 bridgehead atoms. The van der Waals surface area contributed by atoms with Crippen LogP contribution in [-0.2, 0) is 6.42 Å². The molecule has 2 N–H and O–H groups in total. The third kappa shape index (κ3) is 3.21. The number of nitro groups is 2. The number of nitrogens with zero attached hydrogens (tertiary/aromatic N) is 2. The summed E-state index contributed by atoms with van der Waals surface area (Å²) in [6.07, 6.45) is 0.155. The Hall–Kier alpha value is -2.80. The Balaban J connectivity index is 2.33. The van der Waals surface area contributed by atoms with Crippen molar-refractivity contribution < 1.29 is 9.85 Å². The summed E-state index contributed by atoms with van der Waals surface area (Å²) < 4.78 is 0. The minimum atomic E-state index is -0.687. The second kappa shape index (κ2) is 6.10. The summed E-state index contributed by atoms with van der Waals surface area (Å²) in [5.41, 5.74) is 6.71. The molecular formula is C14H13N3O4. The Labute approximate surface area is 120 Å². The van der Waals surface area contributed by atoms with Crippen molar-refractivity contribution in [3.63, 3.8) is 0 Å². The summed E-state index contributed by atoms with van der Waals surface area (Å²) >= 11 is 0. The minimum Gasteiger partial charge on any atom is -0.323 e. The van der Waals surface area contributed by atoms with Gasteiger partial charge in [0.25, 0.3) is 11.4 Å². The molecule has 7 heteroatoms. The first-order chi connectivity index (χ1) is 10.0. The highest BCUT2D eigenvalue weighted by atomic mass is 16.6. The molecule has 0 aliphatic rings. The van der Waals surface area contributed by atoms with Crippen LogP contribution in [0.2, 0.25) is 0 Å². The van der Waals surface area contributed by atoms with Gasteiger partial charge in [0.1, 0.15) is 0 Å². The van der Waals surface area contributed by atoms with E-state index in [1.807, 2.05) is 0 Å². The third-order valence-electron chi connectivity index (χ3n) is 3.16. The normalized spacial score (nSPS) is 11.9. The van der Waals surface area contributed by atoms with E-state index in [0.717, 1.165) is 0 Å². The fourth-order valence-electron chi connectivity index (χ4n) is 2.18. The van der Waals surface area contributed by atoms with Gasteiger partial charge in [0.15, 0.2) is 0 Å².